The predicted octanol–water partition coefficient (Wildman–Crippen LogP) is 26.8. The van der Waals surface area contributed by atoms with Crippen LogP contribution in [0.4, 0.5) is 34.1 Å². The average Bonchev–Trinajstić information content (AvgIpc) is 0.710. The molecule has 100 heavy (non-hydrogen) atoms. The van der Waals surface area contributed by atoms with E-state index >= 15 is 0 Å². The standard InChI is InChI=1S/C97H124N2Si/c1-94(2,3)75-48-76(95(4,5)6)51-81(50-75)98(79-44-71(88-63-26-55-22-56(28-63)29-64(88)27-55)42-72(45-79)89-65-30-57-23-58(32-65)33-66(89)31-57)92-84-18-16-17-19-85(84)93(87-54-83(100(13,14)15)20-21-86(87)92)99(82-52-77(96(7,8)9)49-78(53-82)97(10,11)12)80-46-73(90-67-34-59-24-60(36-67)37-68(90)35-59)43-74(47-80)91-69-38-61-25-62(40-69)41-70(91)39-61/h16-21,42-70,88-91H,22-41H2,1-15H3. The second kappa shape index (κ2) is 23.2. The van der Waals surface area contributed by atoms with Crippen LogP contribution in [0.1, 0.15) is 280 Å². The third-order valence-corrected chi connectivity index (χ3v) is 33.0. The van der Waals surface area contributed by atoms with Gasteiger partial charge in [0.05, 0.1) is 19.4 Å². The minimum absolute atomic E-state index is 0.0651. The fraction of sp³-hybridized carbons (Fsp3) is 0.608. The maximum absolute atomic E-state index is 2.96. The molecule has 0 spiro atoms. The Labute approximate surface area is 605 Å². The third kappa shape index (κ3) is 11.2. The summed E-state index contributed by atoms with van der Waals surface area (Å²) < 4.78 is 0. The summed E-state index contributed by atoms with van der Waals surface area (Å²) >= 11 is 0. The van der Waals surface area contributed by atoms with Crippen molar-refractivity contribution in [2.45, 2.75) is 276 Å². The van der Waals surface area contributed by atoms with E-state index in [9.17, 15) is 0 Å². The van der Waals surface area contributed by atoms with Crippen molar-refractivity contribution in [3.05, 3.63) is 160 Å². The van der Waals surface area contributed by atoms with Crippen molar-refractivity contribution in [2.24, 2.45) is 94.7 Å². The first kappa shape index (κ1) is 65.6. The molecule has 0 unspecified atom stereocenters. The molecule has 0 aliphatic heterocycles. The Kier molecular flexibility index (Phi) is 15.2. The molecule has 16 aliphatic carbocycles. The lowest BCUT2D eigenvalue weighted by Crippen LogP contribution is -2.44. The molecule has 0 radical (unpaired) electrons. The lowest BCUT2D eigenvalue weighted by molar-refractivity contribution is -0.00507. The molecular formula is C97H124N2Si. The molecule has 0 heterocycles. The van der Waals surface area contributed by atoms with Gasteiger partial charge in [0.1, 0.15) is 0 Å². The average molecular weight is 1350 g/mol. The maximum atomic E-state index is 2.96. The Hall–Kier alpha value is -5.12. The lowest BCUT2D eigenvalue weighted by atomic mass is 9.49. The second-order valence-electron chi connectivity index (χ2n) is 43.0. The molecule has 7 aromatic carbocycles. The van der Waals surface area contributed by atoms with Crippen LogP contribution in [0.15, 0.2) is 115 Å². The smallest absolute Gasteiger partial charge is 0.0776 e. The van der Waals surface area contributed by atoms with Gasteiger partial charge in [-0.1, -0.05) is 175 Å². The molecule has 23 rings (SSSR count). The molecule has 16 bridgehead atoms. The van der Waals surface area contributed by atoms with Crippen molar-refractivity contribution in [1.29, 1.82) is 0 Å². The van der Waals surface area contributed by atoms with E-state index in [0.717, 1.165) is 94.7 Å². The summed E-state index contributed by atoms with van der Waals surface area (Å²) in [6.45, 7) is 37.5. The van der Waals surface area contributed by atoms with E-state index in [0.29, 0.717) is 23.7 Å². The lowest BCUT2D eigenvalue weighted by Gasteiger charge is -2.56. The largest absolute Gasteiger partial charge is 0.309 e. The number of hydrogen-bond acceptors (Lipinski definition) is 2. The van der Waals surface area contributed by atoms with Gasteiger partial charge in [-0.25, -0.2) is 0 Å². The normalized spacial score (nSPS) is 34.5. The summed E-state index contributed by atoms with van der Waals surface area (Å²) in [5.41, 5.74) is 20.5. The first-order valence-electron chi connectivity index (χ1n) is 41.7. The van der Waals surface area contributed by atoms with E-state index in [4.69, 9.17) is 0 Å². The first-order chi connectivity index (χ1) is 47.5. The van der Waals surface area contributed by atoms with Crippen LogP contribution in [0.25, 0.3) is 21.5 Å². The van der Waals surface area contributed by atoms with Crippen molar-refractivity contribution in [2.75, 3.05) is 9.80 Å². The van der Waals surface area contributed by atoms with Gasteiger partial charge in [-0.2, -0.15) is 0 Å². The fourth-order valence-corrected chi connectivity index (χ4v) is 28.5. The van der Waals surface area contributed by atoms with Gasteiger partial charge in [0.2, 0.25) is 0 Å². The second-order valence-corrected chi connectivity index (χ2v) is 48.1. The highest BCUT2D eigenvalue weighted by molar-refractivity contribution is 6.88. The van der Waals surface area contributed by atoms with Crippen LogP contribution in [0.2, 0.25) is 19.6 Å². The molecule has 2 nitrogen and oxygen atoms in total. The summed E-state index contributed by atoms with van der Waals surface area (Å²) in [6.07, 6.45) is 29.1. The van der Waals surface area contributed by atoms with Crippen molar-refractivity contribution in [1.82, 2.24) is 0 Å². The van der Waals surface area contributed by atoms with E-state index in [1.54, 1.807) is 27.4 Å². The van der Waals surface area contributed by atoms with Crippen molar-refractivity contribution < 1.29 is 0 Å². The Morgan fingerprint density at radius 1 is 0.260 bits per heavy atom. The van der Waals surface area contributed by atoms with E-state index in [1.165, 1.54) is 206 Å². The molecule has 0 N–H and O–H groups in total. The molecule has 3 heteroatoms. The van der Waals surface area contributed by atoms with Gasteiger partial charge in [0, 0.05) is 44.3 Å². The summed E-state index contributed by atoms with van der Waals surface area (Å²) in [5.74, 6) is 16.5. The minimum atomic E-state index is -1.94. The Bertz CT molecular complexity index is 4090. The number of rotatable bonds is 11. The Balaban J connectivity index is 0.918. The quantitative estimate of drug-likeness (QED) is 0.0724. The van der Waals surface area contributed by atoms with Crippen LogP contribution in [-0.4, -0.2) is 8.07 Å². The molecule has 0 saturated heterocycles. The van der Waals surface area contributed by atoms with Crippen molar-refractivity contribution in [3.8, 4) is 0 Å². The molecule has 16 aliphatic rings. The molecule has 7 aromatic rings. The number of fused-ring (bicyclic) bond motifs is 2. The molecule has 16 saturated carbocycles. The molecule has 16 fully saturated rings. The summed E-state index contributed by atoms with van der Waals surface area (Å²) in [5, 5.41) is 7.08. The number of nitrogens with zero attached hydrogens (tertiary/aromatic N) is 2. The first-order valence-corrected chi connectivity index (χ1v) is 45.2. The summed E-state index contributed by atoms with van der Waals surface area (Å²) in [7, 11) is -1.94. The van der Waals surface area contributed by atoms with Crippen LogP contribution in [0, 0.1) is 94.7 Å². The molecular weight excluding hydrogens is 1220 g/mol. The summed E-state index contributed by atoms with van der Waals surface area (Å²) in [6, 6.07) is 51.4. The van der Waals surface area contributed by atoms with E-state index in [2.05, 4.69) is 228 Å². The monoisotopic (exact) mass is 1340 g/mol. The molecule has 0 aromatic heterocycles. The Morgan fingerprint density at radius 3 is 0.750 bits per heavy atom. The van der Waals surface area contributed by atoms with E-state index in [1.807, 2.05) is 0 Å². The predicted molar refractivity (Wildman–Crippen MR) is 428 cm³/mol. The van der Waals surface area contributed by atoms with Gasteiger partial charge >= 0.3 is 0 Å². The zero-order valence-electron chi connectivity index (χ0n) is 64.6. The zero-order chi connectivity index (χ0) is 68.7. The van der Waals surface area contributed by atoms with Gasteiger partial charge in [-0.3, -0.25) is 0 Å². The van der Waals surface area contributed by atoms with Gasteiger partial charge in [0.15, 0.2) is 0 Å². The van der Waals surface area contributed by atoms with E-state index < -0.39 is 8.07 Å². The van der Waals surface area contributed by atoms with Crippen LogP contribution >= 0.6 is 0 Å². The maximum Gasteiger partial charge on any atom is 0.0776 e. The zero-order valence-corrected chi connectivity index (χ0v) is 65.6. The number of hydrogen-bond donors (Lipinski definition) is 0. The highest BCUT2D eigenvalue weighted by Crippen LogP contribution is 2.67. The summed E-state index contributed by atoms with van der Waals surface area (Å²) in [4.78, 5) is 5.91. The SMILES string of the molecule is CC(C)(C)c1cc(N(c2cc(C3C4CC5CC(C4)CC3C5)cc(C3C4CC5CC(C4)CC3C5)c2)c2c3ccccc3c(N(c3cc(C4C5CC6CC(C5)CC4C6)cc(C4C5CC6CC(C5)CC4C6)c3)c3cc(C(C)(C)C)cc(C(C)(C)C)c3)c3cc([Si](C)(C)C)ccc23)cc(C(C)(C)C)c1. The van der Waals surface area contributed by atoms with Gasteiger partial charge in [-0.15, -0.1) is 0 Å². The molecule has 0 amide bonds. The minimum Gasteiger partial charge on any atom is -0.309 e. The topological polar surface area (TPSA) is 6.48 Å². The van der Waals surface area contributed by atoms with Crippen LogP contribution in [0.3, 0.4) is 0 Å². The van der Waals surface area contributed by atoms with E-state index in [-0.39, 0.29) is 21.7 Å². The molecule has 526 valence electrons. The van der Waals surface area contributed by atoms with Crippen molar-refractivity contribution >= 4 is 68.9 Å². The number of benzene rings is 7. The van der Waals surface area contributed by atoms with Gasteiger partial charge in [0.25, 0.3) is 0 Å². The third-order valence-electron chi connectivity index (χ3n) is 31.0. The van der Waals surface area contributed by atoms with Crippen LogP contribution < -0.4 is 15.0 Å². The van der Waals surface area contributed by atoms with Crippen molar-refractivity contribution in [3.63, 3.8) is 0 Å². The fourth-order valence-electron chi connectivity index (χ4n) is 27.3. The van der Waals surface area contributed by atoms with Gasteiger partial charge in [-0.05, 0) is 361 Å². The number of anilines is 6. The van der Waals surface area contributed by atoms with Crippen LogP contribution in [-0.2, 0) is 21.7 Å². The van der Waals surface area contributed by atoms with Gasteiger partial charge < -0.3 is 9.80 Å². The highest BCUT2D eigenvalue weighted by atomic mass is 28.3. The van der Waals surface area contributed by atoms with Crippen LogP contribution in [0.5, 0.6) is 0 Å². The molecule has 0 atom stereocenters. The highest BCUT2D eigenvalue weighted by Gasteiger charge is 2.54. The Morgan fingerprint density at radius 2 is 0.500 bits per heavy atom.